The molecule has 8 heteroatoms. The van der Waals surface area contributed by atoms with Gasteiger partial charge >= 0.3 is 0 Å². The summed E-state index contributed by atoms with van der Waals surface area (Å²) in [6, 6.07) is 5.83. The van der Waals surface area contributed by atoms with Crippen LogP contribution in [-0.2, 0) is 4.79 Å². The molecule has 0 spiro atoms. The van der Waals surface area contributed by atoms with E-state index in [9.17, 15) is 4.79 Å². The average Bonchev–Trinajstić information content (AvgIpc) is 3.32. The van der Waals surface area contributed by atoms with E-state index in [1.54, 1.807) is 31.6 Å². The highest BCUT2D eigenvalue weighted by atomic mass is 32.2. The van der Waals surface area contributed by atoms with Crippen molar-refractivity contribution in [2.45, 2.75) is 31.0 Å². The molecule has 0 bridgehead atoms. The third-order valence-corrected chi connectivity index (χ3v) is 4.52. The fraction of sp³-hybridized carbons (Fsp3) is 0.438. The average molecular weight is 348 g/mol. The summed E-state index contributed by atoms with van der Waals surface area (Å²) in [5.41, 5.74) is 0.671. The highest BCUT2D eigenvalue weighted by molar-refractivity contribution is 7.99. The third kappa shape index (κ3) is 4.00. The number of carbonyl (C=O) groups excluding carboxylic acids is 1. The lowest BCUT2D eigenvalue weighted by Gasteiger charge is -2.11. The fourth-order valence-corrected chi connectivity index (χ4v) is 3.07. The number of benzene rings is 1. The number of ether oxygens (including phenoxy) is 2. The minimum Gasteiger partial charge on any atom is -0.493 e. The van der Waals surface area contributed by atoms with Gasteiger partial charge in [-0.3, -0.25) is 4.79 Å². The number of anilines is 1. The van der Waals surface area contributed by atoms with Crippen LogP contribution >= 0.6 is 11.8 Å². The summed E-state index contributed by atoms with van der Waals surface area (Å²) in [6.45, 7) is 2.47. The Morgan fingerprint density at radius 1 is 1.42 bits per heavy atom. The molecule has 1 heterocycles. The molecule has 1 aromatic carbocycles. The minimum atomic E-state index is -0.100. The van der Waals surface area contributed by atoms with Gasteiger partial charge in [0, 0.05) is 17.8 Å². The number of aromatic nitrogens is 3. The number of carbonyl (C=O) groups is 1. The Hall–Kier alpha value is -2.22. The van der Waals surface area contributed by atoms with Crippen molar-refractivity contribution in [3.63, 3.8) is 0 Å². The number of thioether (sulfide) groups is 1. The van der Waals surface area contributed by atoms with E-state index < -0.39 is 0 Å². The van der Waals surface area contributed by atoms with Crippen molar-refractivity contribution in [3.05, 3.63) is 24.5 Å². The summed E-state index contributed by atoms with van der Waals surface area (Å²) in [5, 5.41) is 11.6. The fourth-order valence-electron chi connectivity index (χ4n) is 2.29. The van der Waals surface area contributed by atoms with Gasteiger partial charge in [-0.1, -0.05) is 11.8 Å². The minimum absolute atomic E-state index is 0.100. The molecule has 0 saturated heterocycles. The van der Waals surface area contributed by atoms with Crippen LogP contribution in [0, 0.1) is 0 Å². The highest BCUT2D eigenvalue weighted by Crippen LogP contribution is 2.37. The van der Waals surface area contributed by atoms with Gasteiger partial charge in [0.05, 0.1) is 19.5 Å². The standard InChI is InChI=1S/C16H20N4O3S/c1-3-23-13-7-4-11(8-14(13)22-2)18-15(21)9-24-16-19-17-10-20(16)12-5-6-12/h4,7-8,10,12H,3,5-6,9H2,1-2H3,(H,18,21). The van der Waals surface area contributed by atoms with E-state index in [1.165, 1.54) is 11.8 Å². The van der Waals surface area contributed by atoms with Crippen LogP contribution in [0.15, 0.2) is 29.7 Å². The second kappa shape index (κ2) is 7.57. The number of nitrogens with zero attached hydrogens (tertiary/aromatic N) is 3. The van der Waals surface area contributed by atoms with E-state index in [2.05, 4.69) is 15.5 Å². The molecule has 1 amide bonds. The Balaban J connectivity index is 1.57. The molecule has 1 N–H and O–H groups in total. The first-order valence-electron chi connectivity index (χ1n) is 7.84. The molecular weight excluding hydrogens is 328 g/mol. The van der Waals surface area contributed by atoms with Crippen LogP contribution in [0.3, 0.4) is 0 Å². The summed E-state index contributed by atoms with van der Waals surface area (Å²) in [5.74, 6) is 1.43. The van der Waals surface area contributed by atoms with Crippen LogP contribution in [0.1, 0.15) is 25.8 Å². The lowest BCUT2D eigenvalue weighted by atomic mass is 10.2. The number of amides is 1. The molecule has 2 aromatic rings. The number of hydrogen-bond donors (Lipinski definition) is 1. The number of hydrogen-bond acceptors (Lipinski definition) is 6. The number of nitrogens with one attached hydrogen (secondary N) is 1. The molecule has 7 nitrogen and oxygen atoms in total. The molecule has 0 aliphatic heterocycles. The summed E-state index contributed by atoms with van der Waals surface area (Å²) in [4.78, 5) is 12.2. The third-order valence-electron chi connectivity index (χ3n) is 3.56. The first-order chi connectivity index (χ1) is 11.7. The van der Waals surface area contributed by atoms with Crippen molar-refractivity contribution in [1.29, 1.82) is 0 Å². The molecule has 1 fully saturated rings. The van der Waals surface area contributed by atoms with Gasteiger partial charge in [-0.2, -0.15) is 0 Å². The van der Waals surface area contributed by atoms with Gasteiger partial charge in [-0.15, -0.1) is 10.2 Å². The van der Waals surface area contributed by atoms with E-state index in [1.807, 2.05) is 11.5 Å². The van der Waals surface area contributed by atoms with E-state index in [-0.39, 0.29) is 11.7 Å². The second-order valence-corrected chi connectivity index (χ2v) is 6.33. The molecular formula is C16H20N4O3S. The summed E-state index contributed by atoms with van der Waals surface area (Å²) in [6.07, 6.45) is 4.04. The summed E-state index contributed by atoms with van der Waals surface area (Å²) >= 11 is 1.39. The zero-order valence-electron chi connectivity index (χ0n) is 13.7. The van der Waals surface area contributed by atoms with Crippen LogP contribution in [-0.4, -0.2) is 40.1 Å². The Morgan fingerprint density at radius 2 is 2.25 bits per heavy atom. The maximum absolute atomic E-state index is 12.2. The van der Waals surface area contributed by atoms with Gasteiger partial charge < -0.3 is 19.4 Å². The molecule has 3 rings (SSSR count). The van der Waals surface area contributed by atoms with Gasteiger partial charge in [0.2, 0.25) is 5.91 Å². The summed E-state index contributed by atoms with van der Waals surface area (Å²) in [7, 11) is 1.57. The molecule has 1 aromatic heterocycles. The van der Waals surface area contributed by atoms with E-state index in [0.717, 1.165) is 18.0 Å². The Morgan fingerprint density at radius 3 is 2.96 bits per heavy atom. The molecule has 1 saturated carbocycles. The Bertz CT molecular complexity index is 715. The van der Waals surface area contributed by atoms with Gasteiger partial charge in [0.1, 0.15) is 6.33 Å². The zero-order valence-corrected chi connectivity index (χ0v) is 14.5. The number of methoxy groups -OCH3 is 1. The lowest BCUT2D eigenvalue weighted by Crippen LogP contribution is -2.14. The van der Waals surface area contributed by atoms with E-state index in [0.29, 0.717) is 29.8 Å². The maximum atomic E-state index is 12.2. The first-order valence-corrected chi connectivity index (χ1v) is 8.82. The number of rotatable bonds is 8. The van der Waals surface area contributed by atoms with Gasteiger partial charge in [-0.25, -0.2) is 0 Å². The molecule has 1 aliphatic carbocycles. The molecule has 128 valence electrons. The molecule has 24 heavy (non-hydrogen) atoms. The van der Waals surface area contributed by atoms with Gasteiger partial charge in [-0.05, 0) is 31.9 Å². The lowest BCUT2D eigenvalue weighted by molar-refractivity contribution is -0.113. The van der Waals surface area contributed by atoms with Crippen molar-refractivity contribution in [2.75, 3.05) is 24.8 Å². The Labute approximate surface area is 144 Å². The monoisotopic (exact) mass is 348 g/mol. The van der Waals surface area contributed by atoms with Crippen molar-refractivity contribution >= 4 is 23.4 Å². The predicted molar refractivity (Wildman–Crippen MR) is 91.8 cm³/mol. The molecule has 0 atom stereocenters. The normalized spacial score (nSPS) is 13.6. The molecule has 0 radical (unpaired) electrons. The van der Waals surface area contributed by atoms with Gasteiger partial charge in [0.15, 0.2) is 16.7 Å². The van der Waals surface area contributed by atoms with Crippen molar-refractivity contribution in [1.82, 2.24) is 14.8 Å². The van der Waals surface area contributed by atoms with Crippen LogP contribution in [0.25, 0.3) is 0 Å². The van der Waals surface area contributed by atoms with E-state index in [4.69, 9.17) is 9.47 Å². The van der Waals surface area contributed by atoms with Crippen molar-refractivity contribution < 1.29 is 14.3 Å². The zero-order chi connectivity index (χ0) is 16.9. The largest absolute Gasteiger partial charge is 0.493 e. The van der Waals surface area contributed by atoms with Gasteiger partial charge in [0.25, 0.3) is 0 Å². The Kier molecular flexibility index (Phi) is 5.24. The SMILES string of the molecule is CCOc1ccc(NC(=O)CSc2nncn2C2CC2)cc1OC. The second-order valence-electron chi connectivity index (χ2n) is 5.39. The molecule has 1 aliphatic rings. The highest BCUT2D eigenvalue weighted by Gasteiger charge is 2.26. The van der Waals surface area contributed by atoms with Crippen LogP contribution in [0.5, 0.6) is 11.5 Å². The first kappa shape index (κ1) is 16.6. The molecule has 0 unspecified atom stereocenters. The maximum Gasteiger partial charge on any atom is 0.234 e. The summed E-state index contributed by atoms with van der Waals surface area (Å²) < 4.78 is 12.8. The van der Waals surface area contributed by atoms with Crippen LogP contribution in [0.4, 0.5) is 5.69 Å². The van der Waals surface area contributed by atoms with E-state index >= 15 is 0 Å². The van der Waals surface area contributed by atoms with Crippen molar-refractivity contribution in [2.24, 2.45) is 0 Å². The van der Waals surface area contributed by atoms with Crippen LogP contribution in [0.2, 0.25) is 0 Å². The quantitative estimate of drug-likeness (QED) is 0.739. The van der Waals surface area contributed by atoms with Crippen LogP contribution < -0.4 is 14.8 Å². The predicted octanol–water partition coefficient (Wildman–Crippen LogP) is 2.75. The van der Waals surface area contributed by atoms with Crippen molar-refractivity contribution in [3.8, 4) is 11.5 Å². The smallest absolute Gasteiger partial charge is 0.234 e. The topological polar surface area (TPSA) is 78.3 Å².